The maximum absolute atomic E-state index is 14.6. The number of rotatable bonds is 8. The van der Waals surface area contributed by atoms with Gasteiger partial charge in [-0.05, 0) is 68.1 Å². The Morgan fingerprint density at radius 3 is 2.18 bits per heavy atom. The van der Waals surface area contributed by atoms with Crippen LogP contribution in [0.5, 0.6) is 11.5 Å². The molecule has 0 saturated carbocycles. The number of amides is 2. The topological polar surface area (TPSA) is 74.1 Å². The number of carbonyl (C=O) groups excluding carboxylic acids is 2. The van der Waals surface area contributed by atoms with Crippen molar-refractivity contribution in [3.8, 4) is 11.5 Å². The molecule has 0 bridgehead atoms. The van der Waals surface area contributed by atoms with Crippen LogP contribution in [0.15, 0.2) is 84.9 Å². The fraction of sp³-hybridized carbons (Fsp3) is 0.289. The van der Waals surface area contributed by atoms with Gasteiger partial charge in [-0.2, -0.15) is 17.7 Å². The molecule has 254 valence electrons. The molecule has 0 radical (unpaired) electrons. The van der Waals surface area contributed by atoms with Crippen LogP contribution in [0.4, 0.5) is 24.5 Å². The van der Waals surface area contributed by atoms with Gasteiger partial charge in [0.05, 0.1) is 25.3 Å². The largest absolute Gasteiger partial charge is 0.493 e. The zero-order valence-electron chi connectivity index (χ0n) is 27.8. The number of benzene rings is 4. The van der Waals surface area contributed by atoms with E-state index in [4.69, 9.17) is 9.47 Å². The first-order valence-corrected chi connectivity index (χ1v) is 16.0. The van der Waals surface area contributed by atoms with E-state index in [1.807, 2.05) is 49.4 Å². The number of nitrogens with zero attached hydrogens (tertiary/aromatic N) is 3. The van der Waals surface area contributed by atoms with E-state index in [1.54, 1.807) is 18.2 Å². The van der Waals surface area contributed by atoms with E-state index in [-0.39, 0.29) is 17.8 Å². The Morgan fingerprint density at radius 1 is 0.898 bits per heavy atom. The maximum Gasteiger partial charge on any atom is 0.420 e. The molecule has 2 aliphatic heterocycles. The first-order chi connectivity index (χ1) is 23.5. The number of hydrogen-bond donors (Lipinski definition) is 1. The van der Waals surface area contributed by atoms with E-state index in [9.17, 15) is 22.8 Å². The SMILES string of the molecule is COc1cc2c(cc1OC)[C@@H](C(=O)Nc1cccc(N3CCN(C)CC3)c1)C(c1ccc(C(F)(F)F)cc1)=[N+](Cc1ccc(C)cc1)C2=O. The molecular weight excluding hydrogens is 633 g/mol. The van der Waals surface area contributed by atoms with Crippen LogP contribution in [0.1, 0.15) is 44.1 Å². The number of hydrogen-bond acceptors (Lipinski definition) is 6. The normalized spacial score (nSPS) is 16.8. The summed E-state index contributed by atoms with van der Waals surface area (Å²) in [5.74, 6) is -1.38. The highest BCUT2D eigenvalue weighted by Crippen LogP contribution is 2.40. The molecule has 11 heteroatoms. The first kappa shape index (κ1) is 33.7. The van der Waals surface area contributed by atoms with Gasteiger partial charge >= 0.3 is 12.1 Å². The number of anilines is 2. The number of methoxy groups -OCH3 is 2. The van der Waals surface area contributed by atoms with E-state index in [0.717, 1.165) is 55.1 Å². The molecule has 2 aliphatic rings. The van der Waals surface area contributed by atoms with Crippen LogP contribution in [-0.4, -0.2) is 74.4 Å². The lowest BCUT2D eigenvalue weighted by atomic mass is 9.82. The third-order valence-electron chi connectivity index (χ3n) is 9.12. The van der Waals surface area contributed by atoms with E-state index in [2.05, 4.69) is 22.2 Å². The van der Waals surface area contributed by atoms with Gasteiger partial charge in [-0.15, -0.1) is 0 Å². The Bertz CT molecular complexity index is 1900. The van der Waals surface area contributed by atoms with Crippen molar-refractivity contribution in [2.24, 2.45) is 0 Å². The molecule has 1 N–H and O–H groups in total. The first-order valence-electron chi connectivity index (χ1n) is 16.0. The van der Waals surface area contributed by atoms with Crippen molar-refractivity contribution < 1.29 is 36.8 Å². The van der Waals surface area contributed by atoms with Crippen LogP contribution in [0.3, 0.4) is 0 Å². The van der Waals surface area contributed by atoms with E-state index >= 15 is 0 Å². The van der Waals surface area contributed by atoms with Gasteiger partial charge < -0.3 is 24.6 Å². The van der Waals surface area contributed by atoms with Gasteiger partial charge in [0.2, 0.25) is 11.6 Å². The molecule has 0 aliphatic carbocycles. The van der Waals surface area contributed by atoms with Gasteiger partial charge in [-0.25, -0.2) is 4.79 Å². The molecule has 49 heavy (non-hydrogen) atoms. The third-order valence-corrected chi connectivity index (χ3v) is 9.12. The van der Waals surface area contributed by atoms with Crippen LogP contribution < -0.4 is 19.7 Å². The fourth-order valence-electron chi connectivity index (χ4n) is 6.39. The Balaban J connectivity index is 1.51. The third kappa shape index (κ3) is 7.03. The maximum atomic E-state index is 14.6. The number of carbonyl (C=O) groups is 2. The highest BCUT2D eigenvalue weighted by atomic mass is 19.4. The minimum atomic E-state index is -4.56. The quantitative estimate of drug-likeness (QED) is 0.220. The number of likely N-dealkylation sites (N-methyl/N-ethyl adjacent to an activating group) is 1. The predicted octanol–water partition coefficient (Wildman–Crippen LogP) is 6.36. The van der Waals surface area contributed by atoms with Crippen molar-refractivity contribution in [2.45, 2.75) is 25.6 Å². The lowest BCUT2D eigenvalue weighted by molar-refractivity contribution is -0.447. The van der Waals surface area contributed by atoms with E-state index in [0.29, 0.717) is 28.3 Å². The van der Waals surface area contributed by atoms with Crippen LogP contribution in [0, 0.1) is 6.92 Å². The summed E-state index contributed by atoms with van der Waals surface area (Å²) < 4.78 is 53.5. The van der Waals surface area contributed by atoms with Crippen LogP contribution in [0.2, 0.25) is 0 Å². The number of halogens is 3. The average molecular weight is 672 g/mol. The summed E-state index contributed by atoms with van der Waals surface area (Å²) in [5, 5.41) is 3.06. The standard InChI is InChI=1S/C38H37F3N4O4/c1-24-8-10-25(11-9-24)23-45-35(26-12-14-27(15-13-26)38(39,40)41)34(30-21-32(48-3)33(49-4)22-31(30)37(45)47)36(46)42-28-6-5-7-29(20-28)44-18-16-43(2)17-19-44/h5-15,20-22,34H,16-19,23H2,1-4H3/p+1/t34-/m1/s1. The Hall–Kier alpha value is -5.16. The number of aryl methyl sites for hydroxylation is 1. The predicted molar refractivity (Wildman–Crippen MR) is 182 cm³/mol. The molecule has 0 aromatic heterocycles. The molecule has 2 heterocycles. The summed E-state index contributed by atoms with van der Waals surface area (Å²) in [4.78, 5) is 33.6. The molecule has 1 fully saturated rings. The lowest BCUT2D eigenvalue weighted by Crippen LogP contribution is -2.44. The molecule has 6 rings (SSSR count). The van der Waals surface area contributed by atoms with Gasteiger partial charge in [0.1, 0.15) is 5.92 Å². The molecule has 8 nitrogen and oxygen atoms in total. The van der Waals surface area contributed by atoms with Crippen LogP contribution in [0.25, 0.3) is 0 Å². The van der Waals surface area contributed by atoms with E-state index in [1.165, 1.54) is 30.9 Å². The second kappa shape index (κ2) is 13.8. The molecule has 0 spiro atoms. The van der Waals surface area contributed by atoms with Crippen LogP contribution in [-0.2, 0) is 17.5 Å². The summed E-state index contributed by atoms with van der Waals surface area (Å²) in [6, 6.07) is 22.9. The second-order valence-corrected chi connectivity index (χ2v) is 12.4. The molecule has 1 saturated heterocycles. The van der Waals surface area contributed by atoms with Crippen molar-refractivity contribution in [1.82, 2.24) is 4.90 Å². The lowest BCUT2D eigenvalue weighted by Gasteiger charge is -2.34. The molecule has 4 aromatic rings. The minimum Gasteiger partial charge on any atom is -0.493 e. The summed E-state index contributed by atoms with van der Waals surface area (Å²) in [6.45, 7) is 5.53. The number of fused-ring (bicyclic) bond motifs is 1. The minimum absolute atomic E-state index is 0.0753. The monoisotopic (exact) mass is 671 g/mol. The zero-order valence-corrected chi connectivity index (χ0v) is 27.8. The average Bonchev–Trinajstić information content (AvgIpc) is 3.09. The highest BCUT2D eigenvalue weighted by Gasteiger charge is 2.46. The van der Waals surface area contributed by atoms with Crippen molar-refractivity contribution in [3.63, 3.8) is 0 Å². The summed E-state index contributed by atoms with van der Waals surface area (Å²) >= 11 is 0. The van der Waals surface area contributed by atoms with Gasteiger partial charge in [-0.3, -0.25) is 4.79 Å². The Kier molecular flexibility index (Phi) is 9.47. The number of piperazine rings is 1. The van der Waals surface area contributed by atoms with Crippen molar-refractivity contribution >= 4 is 28.9 Å². The summed E-state index contributed by atoms with van der Waals surface area (Å²) in [6.07, 6.45) is -4.56. The summed E-state index contributed by atoms with van der Waals surface area (Å²) in [7, 11) is 5.00. The fourth-order valence-corrected chi connectivity index (χ4v) is 6.39. The van der Waals surface area contributed by atoms with E-state index < -0.39 is 29.5 Å². The molecular formula is C38H38F3N4O4+. The van der Waals surface area contributed by atoms with Gasteiger partial charge in [-0.1, -0.05) is 35.9 Å². The van der Waals surface area contributed by atoms with Crippen molar-refractivity contribution in [3.05, 3.63) is 118 Å². The molecule has 2 amide bonds. The molecule has 1 atom stereocenters. The zero-order chi connectivity index (χ0) is 34.9. The van der Waals surface area contributed by atoms with Gasteiger partial charge in [0.25, 0.3) is 0 Å². The Morgan fingerprint density at radius 2 is 1.55 bits per heavy atom. The molecule has 0 unspecified atom stereocenters. The smallest absolute Gasteiger partial charge is 0.420 e. The van der Waals surface area contributed by atoms with Gasteiger partial charge in [0, 0.05) is 54.7 Å². The Labute approximate surface area is 283 Å². The van der Waals surface area contributed by atoms with Crippen molar-refractivity contribution in [1.29, 1.82) is 0 Å². The number of nitrogens with one attached hydrogen (secondary N) is 1. The van der Waals surface area contributed by atoms with Crippen molar-refractivity contribution in [2.75, 3.05) is 57.7 Å². The molecule has 4 aromatic carbocycles. The highest BCUT2D eigenvalue weighted by molar-refractivity contribution is 6.22. The summed E-state index contributed by atoms with van der Waals surface area (Å²) in [5.41, 5.74) is 3.63. The number of ether oxygens (including phenoxy) is 2. The second-order valence-electron chi connectivity index (χ2n) is 12.4. The number of alkyl halides is 3. The van der Waals surface area contributed by atoms with Crippen LogP contribution >= 0.6 is 0 Å². The van der Waals surface area contributed by atoms with Gasteiger partial charge in [0.15, 0.2) is 18.0 Å².